The Bertz CT molecular complexity index is 145. The van der Waals surface area contributed by atoms with Gasteiger partial charge in [-0.1, -0.05) is 11.8 Å². The number of rotatable bonds is 0. The largest absolute Gasteiger partial charge is 0.358 e. The van der Waals surface area contributed by atoms with E-state index in [9.17, 15) is 0 Å². The van der Waals surface area contributed by atoms with Crippen LogP contribution >= 0.6 is 28.7 Å². The van der Waals surface area contributed by atoms with Crippen molar-refractivity contribution in [3.8, 4) is 0 Å². The molecule has 2 nitrogen and oxygen atoms in total. The highest BCUT2D eigenvalue weighted by atomic mass is 79.9. The van der Waals surface area contributed by atoms with Crippen LogP contribution in [0, 0.1) is 0 Å². The van der Waals surface area contributed by atoms with Crippen molar-refractivity contribution >= 4 is 33.9 Å². The standard InChI is InChI=1S/C6H12N2S.BrH/c1-6(2)4-7-5(8-6)9-3;/h4H2,1-3H3,(H,7,8);1H. The third kappa shape index (κ3) is 2.50. The fourth-order valence-corrected chi connectivity index (χ4v) is 1.33. The zero-order valence-electron chi connectivity index (χ0n) is 6.47. The molecule has 0 aromatic carbocycles. The lowest BCUT2D eigenvalue weighted by Gasteiger charge is -2.17. The summed E-state index contributed by atoms with van der Waals surface area (Å²) in [7, 11) is 0. The van der Waals surface area contributed by atoms with Crippen molar-refractivity contribution in [1.82, 2.24) is 5.32 Å². The van der Waals surface area contributed by atoms with Crippen molar-refractivity contribution in [2.24, 2.45) is 4.99 Å². The molecule has 1 aliphatic heterocycles. The Morgan fingerprint density at radius 3 is 2.40 bits per heavy atom. The number of nitrogens with zero attached hydrogens (tertiary/aromatic N) is 1. The third-order valence-electron chi connectivity index (χ3n) is 1.26. The molecule has 0 fully saturated rings. The lowest BCUT2D eigenvalue weighted by Crippen LogP contribution is -2.38. The summed E-state index contributed by atoms with van der Waals surface area (Å²) in [5, 5.41) is 4.36. The van der Waals surface area contributed by atoms with Crippen molar-refractivity contribution < 1.29 is 0 Å². The molecule has 0 unspecified atom stereocenters. The van der Waals surface area contributed by atoms with E-state index in [0.717, 1.165) is 11.7 Å². The maximum Gasteiger partial charge on any atom is 0.156 e. The molecule has 10 heavy (non-hydrogen) atoms. The molecule has 0 saturated heterocycles. The van der Waals surface area contributed by atoms with Crippen LogP contribution in [0.5, 0.6) is 0 Å². The van der Waals surface area contributed by atoms with E-state index in [-0.39, 0.29) is 22.5 Å². The van der Waals surface area contributed by atoms with Gasteiger partial charge in [-0.05, 0) is 20.1 Å². The SMILES string of the molecule is Br.CSC1=NCC(C)(C)N1. The minimum atomic E-state index is 0. The van der Waals surface area contributed by atoms with Crippen LogP contribution in [0.2, 0.25) is 0 Å². The number of halogens is 1. The monoisotopic (exact) mass is 224 g/mol. The second-order valence-corrected chi connectivity index (χ2v) is 3.63. The van der Waals surface area contributed by atoms with Gasteiger partial charge >= 0.3 is 0 Å². The molecular weight excluding hydrogens is 212 g/mol. The first kappa shape index (κ1) is 10.3. The molecule has 0 bridgehead atoms. The molecule has 1 aliphatic rings. The fraction of sp³-hybridized carbons (Fsp3) is 0.833. The first-order valence-electron chi connectivity index (χ1n) is 3.01. The summed E-state index contributed by atoms with van der Waals surface area (Å²) >= 11 is 1.67. The molecule has 0 amide bonds. The van der Waals surface area contributed by atoms with E-state index >= 15 is 0 Å². The number of amidine groups is 1. The Labute approximate surface area is 76.6 Å². The van der Waals surface area contributed by atoms with Gasteiger partial charge in [0.15, 0.2) is 5.17 Å². The molecule has 0 saturated carbocycles. The maximum atomic E-state index is 4.28. The quantitative estimate of drug-likeness (QED) is 0.678. The summed E-state index contributed by atoms with van der Waals surface area (Å²) in [6, 6.07) is 0. The summed E-state index contributed by atoms with van der Waals surface area (Å²) in [5.41, 5.74) is 0.193. The highest BCUT2D eigenvalue weighted by Crippen LogP contribution is 2.13. The summed E-state index contributed by atoms with van der Waals surface area (Å²) in [4.78, 5) is 4.28. The van der Waals surface area contributed by atoms with Crippen LogP contribution in [0.3, 0.4) is 0 Å². The normalized spacial score (nSPS) is 20.9. The highest BCUT2D eigenvalue weighted by Gasteiger charge is 2.23. The van der Waals surface area contributed by atoms with E-state index in [1.54, 1.807) is 11.8 Å². The zero-order chi connectivity index (χ0) is 6.91. The Morgan fingerprint density at radius 2 is 2.20 bits per heavy atom. The smallest absolute Gasteiger partial charge is 0.156 e. The number of nitrogens with one attached hydrogen (secondary N) is 1. The molecule has 1 heterocycles. The Hall–Kier alpha value is 0.300. The molecular formula is C6H13BrN2S. The van der Waals surface area contributed by atoms with Crippen LogP contribution in [0.1, 0.15) is 13.8 Å². The van der Waals surface area contributed by atoms with E-state index in [1.165, 1.54) is 0 Å². The van der Waals surface area contributed by atoms with Crippen molar-refractivity contribution in [2.45, 2.75) is 19.4 Å². The van der Waals surface area contributed by atoms with Gasteiger partial charge in [0.1, 0.15) is 0 Å². The predicted octanol–water partition coefficient (Wildman–Crippen LogP) is 1.67. The number of hydrogen-bond donors (Lipinski definition) is 1. The molecule has 0 atom stereocenters. The van der Waals surface area contributed by atoms with Crippen molar-refractivity contribution in [3.05, 3.63) is 0 Å². The van der Waals surface area contributed by atoms with Gasteiger partial charge < -0.3 is 5.32 Å². The fourth-order valence-electron chi connectivity index (χ4n) is 0.754. The number of hydrogen-bond acceptors (Lipinski definition) is 3. The van der Waals surface area contributed by atoms with Gasteiger partial charge in [-0.2, -0.15) is 0 Å². The molecule has 1 N–H and O–H groups in total. The lowest BCUT2D eigenvalue weighted by atomic mass is 10.1. The first-order chi connectivity index (χ1) is 4.14. The second kappa shape index (κ2) is 3.62. The minimum Gasteiger partial charge on any atom is -0.358 e. The van der Waals surface area contributed by atoms with E-state index < -0.39 is 0 Å². The van der Waals surface area contributed by atoms with Crippen LogP contribution in [-0.2, 0) is 0 Å². The first-order valence-corrected chi connectivity index (χ1v) is 4.23. The Balaban J connectivity index is 0.000000810. The molecule has 0 aromatic heterocycles. The predicted molar refractivity (Wildman–Crippen MR) is 53.4 cm³/mol. The number of aliphatic imine (C=N–C) groups is 1. The summed E-state index contributed by atoms with van der Waals surface area (Å²) in [6.45, 7) is 5.21. The molecule has 1 rings (SSSR count). The minimum absolute atomic E-state index is 0. The molecule has 0 spiro atoms. The molecule has 60 valence electrons. The summed E-state index contributed by atoms with van der Waals surface area (Å²) in [5.74, 6) is 0. The topological polar surface area (TPSA) is 24.4 Å². The molecule has 0 aliphatic carbocycles. The number of thioether (sulfide) groups is 1. The van der Waals surface area contributed by atoms with Crippen LogP contribution < -0.4 is 5.32 Å². The van der Waals surface area contributed by atoms with Gasteiger partial charge in [0, 0.05) is 0 Å². The molecule has 0 radical (unpaired) electrons. The van der Waals surface area contributed by atoms with E-state index in [2.05, 4.69) is 24.2 Å². The second-order valence-electron chi connectivity index (χ2n) is 2.83. The third-order valence-corrected chi connectivity index (χ3v) is 1.87. The van der Waals surface area contributed by atoms with E-state index in [1.807, 2.05) is 6.26 Å². The van der Waals surface area contributed by atoms with Gasteiger partial charge in [-0.3, -0.25) is 4.99 Å². The average Bonchev–Trinajstić information content (AvgIpc) is 2.10. The van der Waals surface area contributed by atoms with E-state index in [0.29, 0.717) is 0 Å². The van der Waals surface area contributed by atoms with E-state index in [4.69, 9.17) is 0 Å². The van der Waals surface area contributed by atoms with Gasteiger partial charge in [-0.15, -0.1) is 17.0 Å². The molecule has 4 heteroatoms. The van der Waals surface area contributed by atoms with Gasteiger partial charge in [0.2, 0.25) is 0 Å². The van der Waals surface area contributed by atoms with Crippen molar-refractivity contribution in [3.63, 3.8) is 0 Å². The van der Waals surface area contributed by atoms with Crippen LogP contribution in [0.4, 0.5) is 0 Å². The van der Waals surface area contributed by atoms with Crippen molar-refractivity contribution in [2.75, 3.05) is 12.8 Å². The Morgan fingerprint density at radius 1 is 1.60 bits per heavy atom. The molecule has 0 aromatic rings. The van der Waals surface area contributed by atoms with Crippen molar-refractivity contribution in [1.29, 1.82) is 0 Å². The lowest BCUT2D eigenvalue weighted by molar-refractivity contribution is 0.508. The van der Waals surface area contributed by atoms with Crippen LogP contribution in [-0.4, -0.2) is 23.5 Å². The maximum absolute atomic E-state index is 4.28. The highest BCUT2D eigenvalue weighted by molar-refractivity contribution is 8.93. The van der Waals surface area contributed by atoms with Gasteiger partial charge in [0.05, 0.1) is 12.1 Å². The Kier molecular flexibility index (Phi) is 3.73. The van der Waals surface area contributed by atoms with Crippen LogP contribution in [0.25, 0.3) is 0 Å². The zero-order valence-corrected chi connectivity index (χ0v) is 9.00. The van der Waals surface area contributed by atoms with Gasteiger partial charge in [-0.25, -0.2) is 0 Å². The summed E-state index contributed by atoms with van der Waals surface area (Å²) in [6.07, 6.45) is 2.03. The average molecular weight is 225 g/mol. The summed E-state index contributed by atoms with van der Waals surface area (Å²) < 4.78 is 0. The van der Waals surface area contributed by atoms with Gasteiger partial charge in [0.25, 0.3) is 0 Å². The van der Waals surface area contributed by atoms with Crippen LogP contribution in [0.15, 0.2) is 4.99 Å².